The monoisotopic (exact) mass is 525 g/mol. The van der Waals surface area contributed by atoms with E-state index in [4.69, 9.17) is 31.0 Å². The summed E-state index contributed by atoms with van der Waals surface area (Å²) in [6.07, 6.45) is 7.00. The van der Waals surface area contributed by atoms with Crippen molar-refractivity contribution in [1.29, 1.82) is 0 Å². The molecular weight excluding hydrogens is 489 g/mol. The maximum Gasteiger partial charge on any atom is 0.166 e. The quantitative estimate of drug-likeness (QED) is 0.270. The summed E-state index contributed by atoms with van der Waals surface area (Å²) >= 11 is 5.78. The van der Waals surface area contributed by atoms with E-state index >= 15 is 0 Å². The van der Waals surface area contributed by atoms with Gasteiger partial charge in [0.05, 0.1) is 17.6 Å². The third-order valence-electron chi connectivity index (χ3n) is 6.93. The van der Waals surface area contributed by atoms with Crippen LogP contribution in [0.4, 0.5) is 10.1 Å². The molecule has 1 aromatic carbocycles. The van der Waals surface area contributed by atoms with Gasteiger partial charge in [-0.3, -0.25) is 9.97 Å². The highest BCUT2D eigenvalue weighted by Crippen LogP contribution is 2.40. The molecule has 2 aromatic heterocycles. The lowest BCUT2D eigenvalue weighted by atomic mass is 9.82. The zero-order valence-corrected chi connectivity index (χ0v) is 23.2. The molecule has 0 radical (unpaired) electrons. The number of pyridine rings is 2. The third-order valence-corrected chi connectivity index (χ3v) is 7.16. The minimum Gasteiger partial charge on any atom is -0.488 e. The maximum atomic E-state index is 13.9. The lowest BCUT2D eigenvalue weighted by Crippen LogP contribution is -2.38. The van der Waals surface area contributed by atoms with Gasteiger partial charge in [0.15, 0.2) is 11.6 Å². The second-order valence-electron chi connectivity index (χ2n) is 11.0. The Morgan fingerprint density at radius 3 is 2.41 bits per heavy atom. The van der Waals surface area contributed by atoms with Gasteiger partial charge in [0.2, 0.25) is 0 Å². The molecule has 1 aliphatic heterocycles. The number of ether oxygens (including phenoxy) is 2. The van der Waals surface area contributed by atoms with E-state index in [1.54, 1.807) is 12.3 Å². The Morgan fingerprint density at radius 1 is 1.03 bits per heavy atom. The van der Waals surface area contributed by atoms with Crippen LogP contribution in [0.3, 0.4) is 0 Å². The predicted octanol–water partition coefficient (Wildman–Crippen LogP) is 7.53. The second kappa shape index (κ2) is 11.7. The summed E-state index contributed by atoms with van der Waals surface area (Å²) in [7, 11) is 0. The molecule has 1 aliphatic rings. The standard InChI is InChI=1S/C30H37ClFN3O2/c1-20(2)16-24-21(3)33-19-25(29(24)35-12-10-30(4,5)11-13-35)27-8-7-23(18-34-27)36-14-15-37-28-9-6-22(31)17-26(28)32/h6-9,17-20H,10-16H2,1-5H3. The summed E-state index contributed by atoms with van der Waals surface area (Å²) in [5.74, 6) is 0.824. The van der Waals surface area contributed by atoms with Crippen molar-refractivity contribution in [2.45, 2.75) is 53.9 Å². The minimum atomic E-state index is -0.491. The van der Waals surface area contributed by atoms with Gasteiger partial charge in [0, 0.05) is 35.6 Å². The Hall–Kier alpha value is -2.86. The molecule has 198 valence electrons. The summed E-state index contributed by atoms with van der Waals surface area (Å²) in [6.45, 7) is 13.9. The summed E-state index contributed by atoms with van der Waals surface area (Å²) in [5, 5.41) is 0.333. The Labute approximate surface area is 225 Å². The first-order chi connectivity index (χ1) is 17.6. The zero-order valence-electron chi connectivity index (χ0n) is 22.5. The van der Waals surface area contributed by atoms with Crippen LogP contribution in [-0.2, 0) is 6.42 Å². The van der Waals surface area contributed by atoms with Crippen LogP contribution in [0.15, 0.2) is 42.7 Å². The molecule has 1 saturated heterocycles. The van der Waals surface area contributed by atoms with Gasteiger partial charge < -0.3 is 14.4 Å². The van der Waals surface area contributed by atoms with E-state index < -0.39 is 5.82 Å². The van der Waals surface area contributed by atoms with Gasteiger partial charge in [-0.2, -0.15) is 0 Å². The van der Waals surface area contributed by atoms with Crippen LogP contribution < -0.4 is 14.4 Å². The first-order valence-electron chi connectivity index (χ1n) is 13.0. The van der Waals surface area contributed by atoms with Crippen molar-refractivity contribution < 1.29 is 13.9 Å². The fourth-order valence-corrected chi connectivity index (χ4v) is 4.86. The van der Waals surface area contributed by atoms with Crippen LogP contribution >= 0.6 is 11.6 Å². The van der Waals surface area contributed by atoms with Gasteiger partial charge in [0.1, 0.15) is 19.0 Å². The topological polar surface area (TPSA) is 47.5 Å². The number of anilines is 1. The Kier molecular flexibility index (Phi) is 8.58. The van der Waals surface area contributed by atoms with Gasteiger partial charge in [-0.1, -0.05) is 39.3 Å². The van der Waals surface area contributed by atoms with Gasteiger partial charge in [-0.15, -0.1) is 0 Å². The largest absolute Gasteiger partial charge is 0.488 e. The van der Waals surface area contributed by atoms with Gasteiger partial charge >= 0.3 is 0 Å². The molecule has 0 atom stereocenters. The van der Waals surface area contributed by atoms with Crippen molar-refractivity contribution in [3.63, 3.8) is 0 Å². The van der Waals surface area contributed by atoms with Crippen LogP contribution in [0.1, 0.15) is 51.8 Å². The lowest BCUT2D eigenvalue weighted by Gasteiger charge is -2.40. The molecular formula is C30H37ClFN3O2. The molecule has 3 aromatic rings. The minimum absolute atomic E-state index is 0.152. The molecule has 37 heavy (non-hydrogen) atoms. The van der Waals surface area contributed by atoms with Gasteiger partial charge in [-0.25, -0.2) is 4.39 Å². The molecule has 0 bridgehead atoms. The Morgan fingerprint density at radius 2 is 1.76 bits per heavy atom. The van der Waals surface area contributed by atoms with Crippen LogP contribution in [0.25, 0.3) is 11.3 Å². The molecule has 0 unspecified atom stereocenters. The Balaban J connectivity index is 1.49. The Bertz CT molecular complexity index is 1200. The molecule has 5 nitrogen and oxygen atoms in total. The van der Waals surface area contributed by atoms with Crippen LogP contribution in [0.2, 0.25) is 5.02 Å². The molecule has 0 spiro atoms. The number of aryl methyl sites for hydroxylation is 1. The highest BCUT2D eigenvalue weighted by Gasteiger charge is 2.29. The average Bonchev–Trinajstić information content (AvgIpc) is 2.85. The molecule has 3 heterocycles. The lowest BCUT2D eigenvalue weighted by molar-refractivity contribution is 0.211. The molecule has 0 amide bonds. The summed E-state index contributed by atoms with van der Waals surface area (Å²) in [6, 6.07) is 8.23. The molecule has 0 aliphatic carbocycles. The smallest absolute Gasteiger partial charge is 0.166 e. The summed E-state index contributed by atoms with van der Waals surface area (Å²) < 4.78 is 25.1. The van der Waals surface area contributed by atoms with Crippen molar-refractivity contribution in [3.8, 4) is 22.8 Å². The van der Waals surface area contributed by atoms with Crippen molar-refractivity contribution in [1.82, 2.24) is 9.97 Å². The average molecular weight is 526 g/mol. The summed E-state index contributed by atoms with van der Waals surface area (Å²) in [5.41, 5.74) is 6.00. The fraction of sp³-hybridized carbons (Fsp3) is 0.467. The van der Waals surface area contributed by atoms with E-state index in [2.05, 4.69) is 39.5 Å². The van der Waals surface area contributed by atoms with E-state index in [-0.39, 0.29) is 19.0 Å². The van der Waals surface area contributed by atoms with Crippen molar-refractivity contribution >= 4 is 17.3 Å². The number of nitrogens with zero attached hydrogens (tertiary/aromatic N) is 3. The predicted molar refractivity (Wildman–Crippen MR) is 148 cm³/mol. The highest BCUT2D eigenvalue weighted by molar-refractivity contribution is 6.30. The number of piperidine rings is 1. The number of rotatable bonds is 9. The van der Waals surface area contributed by atoms with Gasteiger partial charge in [0.25, 0.3) is 0 Å². The van der Waals surface area contributed by atoms with E-state index in [0.29, 0.717) is 22.1 Å². The van der Waals surface area contributed by atoms with Crippen LogP contribution in [-0.4, -0.2) is 36.3 Å². The number of hydrogen-bond acceptors (Lipinski definition) is 5. The second-order valence-corrected chi connectivity index (χ2v) is 11.4. The molecule has 0 N–H and O–H groups in total. The zero-order chi connectivity index (χ0) is 26.6. The molecule has 4 rings (SSSR count). The van der Waals surface area contributed by atoms with Crippen LogP contribution in [0, 0.1) is 24.1 Å². The molecule has 1 fully saturated rings. The SMILES string of the molecule is Cc1ncc(-c2ccc(OCCOc3ccc(Cl)cc3F)cn2)c(N2CCC(C)(C)CC2)c1CC(C)C. The maximum absolute atomic E-state index is 13.9. The normalized spacial score (nSPS) is 15.2. The van der Waals surface area contributed by atoms with Crippen molar-refractivity contribution in [2.24, 2.45) is 11.3 Å². The van der Waals surface area contributed by atoms with E-state index in [9.17, 15) is 4.39 Å². The van der Waals surface area contributed by atoms with Gasteiger partial charge in [-0.05, 0) is 73.4 Å². The third kappa shape index (κ3) is 6.92. The van der Waals surface area contributed by atoms with E-state index in [1.807, 2.05) is 18.3 Å². The number of benzene rings is 1. The number of halogens is 2. The van der Waals surface area contributed by atoms with Crippen molar-refractivity contribution in [2.75, 3.05) is 31.2 Å². The van der Waals surface area contributed by atoms with Crippen LogP contribution in [0.5, 0.6) is 11.5 Å². The number of hydrogen-bond donors (Lipinski definition) is 0. The van der Waals surface area contributed by atoms with Crippen molar-refractivity contribution in [3.05, 3.63) is 64.8 Å². The highest BCUT2D eigenvalue weighted by atomic mass is 35.5. The molecule has 7 heteroatoms. The fourth-order valence-electron chi connectivity index (χ4n) is 4.70. The van der Waals surface area contributed by atoms with E-state index in [1.165, 1.54) is 23.4 Å². The first-order valence-corrected chi connectivity index (χ1v) is 13.4. The first kappa shape index (κ1) is 27.2. The van der Waals surface area contributed by atoms with E-state index in [0.717, 1.165) is 49.3 Å². The summed E-state index contributed by atoms with van der Waals surface area (Å²) in [4.78, 5) is 12.0. The molecule has 0 saturated carbocycles. The number of aromatic nitrogens is 2.